The van der Waals surface area contributed by atoms with Gasteiger partial charge in [-0.2, -0.15) is 4.31 Å². The van der Waals surface area contributed by atoms with Crippen molar-refractivity contribution in [1.82, 2.24) is 4.31 Å². The first-order chi connectivity index (χ1) is 8.91. The van der Waals surface area contributed by atoms with Crippen LogP contribution in [0.15, 0.2) is 29.2 Å². The summed E-state index contributed by atoms with van der Waals surface area (Å²) in [5.74, 6) is 0.232. The number of nitrogens with zero attached hydrogens (tertiary/aromatic N) is 1. The molecule has 2 atom stereocenters. The number of hydrogen-bond donors (Lipinski definition) is 1. The van der Waals surface area contributed by atoms with Gasteiger partial charge in [0.1, 0.15) is 0 Å². The van der Waals surface area contributed by atoms with Crippen molar-refractivity contribution in [3.8, 4) is 0 Å². The van der Waals surface area contributed by atoms with Crippen LogP contribution in [0.25, 0.3) is 0 Å². The highest BCUT2D eigenvalue weighted by Gasteiger charge is 2.31. The zero-order valence-electron chi connectivity index (χ0n) is 10.9. The molecule has 0 aliphatic carbocycles. The molecule has 1 fully saturated rings. The number of halogens is 1. The van der Waals surface area contributed by atoms with E-state index in [1.165, 1.54) is 4.31 Å². The predicted molar refractivity (Wildman–Crippen MR) is 76.6 cm³/mol. The van der Waals surface area contributed by atoms with Crippen molar-refractivity contribution in [1.29, 1.82) is 0 Å². The van der Waals surface area contributed by atoms with Gasteiger partial charge in [0.05, 0.1) is 4.90 Å². The van der Waals surface area contributed by atoms with Crippen molar-refractivity contribution in [2.75, 3.05) is 13.1 Å². The smallest absolute Gasteiger partial charge is 0.243 e. The van der Waals surface area contributed by atoms with Gasteiger partial charge in [-0.05, 0) is 49.9 Å². The zero-order chi connectivity index (χ0) is 14.0. The fourth-order valence-corrected chi connectivity index (χ4v) is 4.04. The van der Waals surface area contributed by atoms with E-state index in [0.29, 0.717) is 23.0 Å². The summed E-state index contributed by atoms with van der Waals surface area (Å²) in [6.07, 6.45) is 1.85. The average Bonchev–Trinajstić information content (AvgIpc) is 2.39. The molecule has 1 aliphatic heterocycles. The van der Waals surface area contributed by atoms with Crippen LogP contribution in [0.4, 0.5) is 0 Å². The first-order valence-electron chi connectivity index (χ1n) is 6.42. The largest absolute Gasteiger partial charge is 0.328 e. The van der Waals surface area contributed by atoms with Crippen LogP contribution in [-0.2, 0) is 10.0 Å². The average molecular weight is 303 g/mol. The number of nitrogens with two attached hydrogens (primary N) is 1. The summed E-state index contributed by atoms with van der Waals surface area (Å²) in [7, 11) is -3.43. The Balaban J connectivity index is 2.22. The fraction of sp³-hybridized carbons (Fsp3) is 0.538. The van der Waals surface area contributed by atoms with E-state index in [-0.39, 0.29) is 12.0 Å². The number of sulfonamides is 1. The quantitative estimate of drug-likeness (QED) is 0.930. The van der Waals surface area contributed by atoms with Crippen molar-refractivity contribution in [3.05, 3.63) is 29.3 Å². The molecule has 6 heteroatoms. The minimum Gasteiger partial charge on any atom is -0.328 e. The van der Waals surface area contributed by atoms with E-state index in [0.717, 1.165) is 12.8 Å². The van der Waals surface area contributed by atoms with Crippen molar-refractivity contribution in [3.63, 3.8) is 0 Å². The number of rotatable bonds is 3. The van der Waals surface area contributed by atoms with Crippen LogP contribution in [0.5, 0.6) is 0 Å². The molecule has 0 spiro atoms. The van der Waals surface area contributed by atoms with E-state index in [4.69, 9.17) is 17.3 Å². The van der Waals surface area contributed by atoms with Crippen molar-refractivity contribution < 1.29 is 8.42 Å². The summed E-state index contributed by atoms with van der Waals surface area (Å²) in [6, 6.07) is 6.31. The Morgan fingerprint density at radius 3 is 2.58 bits per heavy atom. The van der Waals surface area contributed by atoms with Gasteiger partial charge in [-0.1, -0.05) is 11.6 Å². The summed E-state index contributed by atoms with van der Waals surface area (Å²) >= 11 is 5.79. The van der Waals surface area contributed by atoms with Crippen LogP contribution in [0, 0.1) is 5.92 Å². The molecule has 1 saturated heterocycles. The van der Waals surface area contributed by atoms with E-state index < -0.39 is 10.0 Å². The number of benzene rings is 1. The molecule has 19 heavy (non-hydrogen) atoms. The molecule has 0 saturated carbocycles. The minimum atomic E-state index is -3.43. The maximum Gasteiger partial charge on any atom is 0.243 e. The Labute approximate surface area is 119 Å². The first kappa shape index (κ1) is 14.8. The Morgan fingerprint density at radius 1 is 1.37 bits per heavy atom. The van der Waals surface area contributed by atoms with E-state index in [9.17, 15) is 8.42 Å². The lowest BCUT2D eigenvalue weighted by molar-refractivity contribution is 0.243. The molecule has 0 bridgehead atoms. The van der Waals surface area contributed by atoms with Crippen LogP contribution in [0.3, 0.4) is 0 Å². The molecule has 0 unspecified atom stereocenters. The second kappa shape index (κ2) is 5.79. The number of piperidine rings is 1. The third-order valence-corrected chi connectivity index (χ3v) is 5.75. The Bertz CT molecular complexity index is 528. The van der Waals surface area contributed by atoms with E-state index >= 15 is 0 Å². The van der Waals surface area contributed by atoms with Crippen LogP contribution in [0.1, 0.15) is 19.8 Å². The Morgan fingerprint density at radius 2 is 2.00 bits per heavy atom. The summed E-state index contributed by atoms with van der Waals surface area (Å²) < 4.78 is 26.6. The van der Waals surface area contributed by atoms with Crippen molar-refractivity contribution in [2.24, 2.45) is 11.7 Å². The highest BCUT2D eigenvalue weighted by molar-refractivity contribution is 7.89. The molecule has 4 nitrogen and oxygen atoms in total. The molecule has 0 radical (unpaired) electrons. The molecular formula is C13H19ClN2O2S. The van der Waals surface area contributed by atoms with E-state index in [2.05, 4.69) is 0 Å². The Hall–Kier alpha value is -0.620. The van der Waals surface area contributed by atoms with Gasteiger partial charge in [-0.25, -0.2) is 8.42 Å². The molecule has 0 amide bonds. The topological polar surface area (TPSA) is 63.4 Å². The minimum absolute atomic E-state index is 0.0169. The maximum atomic E-state index is 12.5. The molecule has 106 valence electrons. The molecule has 2 N–H and O–H groups in total. The molecule has 1 heterocycles. The van der Waals surface area contributed by atoms with Crippen molar-refractivity contribution >= 4 is 21.6 Å². The molecule has 0 aromatic heterocycles. The van der Waals surface area contributed by atoms with E-state index in [1.54, 1.807) is 24.3 Å². The van der Waals surface area contributed by atoms with Crippen LogP contribution in [0.2, 0.25) is 5.02 Å². The second-order valence-electron chi connectivity index (χ2n) is 5.08. The van der Waals surface area contributed by atoms with Gasteiger partial charge < -0.3 is 5.73 Å². The van der Waals surface area contributed by atoms with Gasteiger partial charge in [0.2, 0.25) is 10.0 Å². The lowest BCUT2D eigenvalue weighted by atomic mass is 9.93. The summed E-state index contributed by atoms with van der Waals surface area (Å²) in [4.78, 5) is 0.294. The van der Waals surface area contributed by atoms with Gasteiger partial charge in [0.25, 0.3) is 0 Å². The van der Waals surface area contributed by atoms with Gasteiger partial charge in [0.15, 0.2) is 0 Å². The summed E-state index contributed by atoms with van der Waals surface area (Å²) in [6.45, 7) is 3.00. The van der Waals surface area contributed by atoms with Gasteiger partial charge in [-0.15, -0.1) is 0 Å². The van der Waals surface area contributed by atoms with Crippen LogP contribution in [-0.4, -0.2) is 31.9 Å². The first-order valence-corrected chi connectivity index (χ1v) is 8.24. The zero-order valence-corrected chi connectivity index (χ0v) is 12.5. The molecule has 1 aromatic carbocycles. The number of hydrogen-bond acceptors (Lipinski definition) is 3. The molecule has 2 rings (SSSR count). The van der Waals surface area contributed by atoms with Crippen molar-refractivity contribution in [2.45, 2.75) is 30.7 Å². The predicted octanol–water partition coefficient (Wildman–Crippen LogP) is 2.09. The highest BCUT2D eigenvalue weighted by atomic mass is 35.5. The third-order valence-electron chi connectivity index (χ3n) is 3.62. The molecular weight excluding hydrogens is 284 g/mol. The standard InChI is InChI=1S/C13H19ClN2O2S/c1-10(15)11-3-2-8-16(9-11)19(17,18)13-6-4-12(14)5-7-13/h4-7,10-11H,2-3,8-9,15H2,1H3/t10-,11+/m0/s1. The van der Waals surface area contributed by atoms with Gasteiger partial charge in [-0.3, -0.25) is 0 Å². The molecule has 1 aromatic rings. The second-order valence-corrected chi connectivity index (χ2v) is 7.45. The highest BCUT2D eigenvalue weighted by Crippen LogP contribution is 2.25. The van der Waals surface area contributed by atoms with Gasteiger partial charge >= 0.3 is 0 Å². The fourth-order valence-electron chi connectivity index (χ4n) is 2.38. The third kappa shape index (κ3) is 3.28. The van der Waals surface area contributed by atoms with Crippen LogP contribution >= 0.6 is 11.6 Å². The van der Waals surface area contributed by atoms with Gasteiger partial charge in [0, 0.05) is 24.2 Å². The lowest BCUT2D eigenvalue weighted by Crippen LogP contribution is -2.44. The lowest BCUT2D eigenvalue weighted by Gasteiger charge is -2.33. The van der Waals surface area contributed by atoms with Crippen LogP contribution < -0.4 is 5.73 Å². The SMILES string of the molecule is C[C@H](N)[C@@H]1CCCN(S(=O)(=O)c2ccc(Cl)cc2)C1. The summed E-state index contributed by atoms with van der Waals surface area (Å²) in [5, 5.41) is 0.533. The van der Waals surface area contributed by atoms with E-state index in [1.807, 2.05) is 6.92 Å². The monoisotopic (exact) mass is 302 g/mol. The maximum absolute atomic E-state index is 12.5. The normalized spacial score (nSPS) is 23.2. The molecule has 1 aliphatic rings. The Kier molecular flexibility index (Phi) is 4.50. The summed E-state index contributed by atoms with van der Waals surface area (Å²) in [5.41, 5.74) is 5.89.